The third kappa shape index (κ3) is 4.82. The Bertz CT molecular complexity index is 1300. The van der Waals surface area contributed by atoms with Crippen LogP contribution in [0.4, 0.5) is 0 Å². The van der Waals surface area contributed by atoms with Crippen LogP contribution in [0.5, 0.6) is 5.75 Å². The molecule has 2 fully saturated rings. The Labute approximate surface area is 228 Å². The van der Waals surface area contributed by atoms with E-state index in [4.69, 9.17) is 48.7 Å². The Balaban J connectivity index is 1.38. The highest BCUT2D eigenvalue weighted by Crippen LogP contribution is 2.35. The zero-order valence-electron chi connectivity index (χ0n) is 20.8. The second kappa shape index (κ2) is 10.7. The molecule has 8 nitrogen and oxygen atoms in total. The fourth-order valence-corrected chi connectivity index (χ4v) is 5.25. The van der Waals surface area contributed by atoms with Gasteiger partial charge in [-0.05, 0) is 30.1 Å². The van der Waals surface area contributed by atoms with Gasteiger partial charge in [0.25, 0.3) is 5.91 Å². The summed E-state index contributed by atoms with van der Waals surface area (Å²) >= 11 is 0. The minimum Gasteiger partial charge on any atom is -0.496 e. The highest BCUT2D eigenvalue weighted by molar-refractivity contribution is 6.52. The van der Waals surface area contributed by atoms with E-state index in [9.17, 15) is 14.4 Å². The largest absolute Gasteiger partial charge is 0.496 e. The first-order valence-corrected chi connectivity index (χ1v) is 12.4. The lowest BCUT2D eigenvalue weighted by molar-refractivity contribution is -0.136. The van der Waals surface area contributed by atoms with Gasteiger partial charge >= 0.3 is 0 Å². The summed E-state index contributed by atoms with van der Waals surface area (Å²) in [5.74, 6) is -1.35. The van der Waals surface area contributed by atoms with Crippen LogP contribution in [0.2, 0.25) is 0 Å². The van der Waals surface area contributed by atoms with Crippen molar-refractivity contribution in [2.24, 2.45) is 0 Å². The van der Waals surface area contributed by atoms with Crippen LogP contribution >= 0.6 is 0 Å². The molecule has 2 aromatic rings. The summed E-state index contributed by atoms with van der Waals surface area (Å²) in [7, 11) is 32.0. The number of hydrogen-bond acceptors (Lipinski definition) is 6. The first-order valence-electron chi connectivity index (χ1n) is 12.4. The number of carbonyl (C=O) groups is 3. The Morgan fingerprint density at radius 2 is 1.79 bits per heavy atom. The highest BCUT2D eigenvalue weighted by atomic mass is 16.5. The van der Waals surface area contributed by atoms with Crippen LogP contribution in [0.1, 0.15) is 51.8 Å². The maximum Gasteiger partial charge on any atom is 0.255 e. The summed E-state index contributed by atoms with van der Waals surface area (Å²) in [5, 5.41) is 2.29. The molecular formula is C25H22B5N3O5. The molecule has 0 bridgehead atoms. The number of imide groups is 1. The van der Waals surface area contributed by atoms with E-state index in [1.54, 1.807) is 24.3 Å². The zero-order valence-corrected chi connectivity index (χ0v) is 20.8. The van der Waals surface area contributed by atoms with E-state index in [0.717, 1.165) is 0 Å². The lowest BCUT2D eigenvalue weighted by atomic mass is 9.64. The molecule has 3 unspecified atom stereocenters. The zero-order chi connectivity index (χ0) is 27.1. The molecule has 13 heteroatoms. The number of hydrogen-bond donors (Lipinski definition) is 1. The van der Waals surface area contributed by atoms with Gasteiger partial charge in [-0.15, -0.1) is 0 Å². The molecule has 10 radical (unpaired) electrons. The van der Waals surface area contributed by atoms with Crippen molar-refractivity contribution < 1.29 is 23.9 Å². The first kappa shape index (κ1) is 26.7. The molecule has 0 saturated carbocycles. The van der Waals surface area contributed by atoms with Gasteiger partial charge in [0.2, 0.25) is 11.8 Å². The van der Waals surface area contributed by atoms with Gasteiger partial charge in [0, 0.05) is 30.6 Å². The molecule has 3 atom stereocenters. The number of rotatable bonds is 6. The second-order valence-corrected chi connectivity index (χ2v) is 9.61. The molecule has 3 amide bonds. The van der Waals surface area contributed by atoms with Gasteiger partial charge in [0.1, 0.15) is 43.2 Å². The van der Waals surface area contributed by atoms with E-state index in [1.165, 1.54) is 4.90 Å². The molecule has 0 aromatic heterocycles. The minimum absolute atomic E-state index is 0.135. The van der Waals surface area contributed by atoms with Gasteiger partial charge in [0.15, 0.2) is 0 Å². The van der Waals surface area contributed by atoms with Gasteiger partial charge < -0.3 is 19.3 Å². The molecule has 0 aliphatic carbocycles. The first-order chi connectivity index (χ1) is 18.2. The molecule has 38 heavy (non-hydrogen) atoms. The molecule has 3 aliphatic heterocycles. The number of morpholine rings is 1. The monoisotopic (exact) mass is 499 g/mol. The van der Waals surface area contributed by atoms with Crippen molar-refractivity contribution >= 4 is 73.3 Å². The predicted octanol–water partition coefficient (Wildman–Crippen LogP) is -2.43. The highest BCUT2D eigenvalue weighted by Gasteiger charge is 2.40. The van der Waals surface area contributed by atoms with Gasteiger partial charge in [-0.3, -0.25) is 19.7 Å². The molecule has 3 aliphatic rings. The number of amides is 3. The molecular weight excluding hydrogens is 476 g/mol. The van der Waals surface area contributed by atoms with Crippen molar-refractivity contribution in [2.45, 2.75) is 37.4 Å². The number of carbonyl (C=O) groups excluding carboxylic acids is 3. The smallest absolute Gasteiger partial charge is 0.255 e. The molecule has 2 aromatic carbocycles. The van der Waals surface area contributed by atoms with E-state index in [2.05, 4.69) is 5.32 Å². The van der Waals surface area contributed by atoms with Crippen molar-refractivity contribution in [1.29, 1.82) is 0 Å². The topological polar surface area (TPSA) is 88.2 Å². The van der Waals surface area contributed by atoms with Crippen LogP contribution in [0.25, 0.3) is 0 Å². The van der Waals surface area contributed by atoms with Crippen molar-refractivity contribution in [2.75, 3.05) is 26.3 Å². The summed E-state index contributed by atoms with van der Waals surface area (Å²) in [5.41, 5.74) is 2.66. The maximum atomic E-state index is 13.1. The van der Waals surface area contributed by atoms with Gasteiger partial charge in [-0.2, -0.15) is 0 Å². The third-order valence-electron chi connectivity index (χ3n) is 7.35. The molecule has 0 spiro atoms. The van der Waals surface area contributed by atoms with Crippen LogP contribution in [-0.2, 0) is 20.9 Å². The van der Waals surface area contributed by atoms with E-state index in [1.807, 2.05) is 4.90 Å². The van der Waals surface area contributed by atoms with Crippen LogP contribution in [0, 0.1) is 0 Å². The van der Waals surface area contributed by atoms with Crippen LogP contribution in [-0.4, -0.2) is 99.1 Å². The van der Waals surface area contributed by atoms with Crippen molar-refractivity contribution in [3.8, 4) is 5.75 Å². The lowest BCUT2D eigenvalue weighted by Gasteiger charge is -2.36. The van der Waals surface area contributed by atoms with Gasteiger partial charge in [-0.25, -0.2) is 0 Å². The summed E-state index contributed by atoms with van der Waals surface area (Å²) in [6.07, 6.45) is 0.423. The molecule has 182 valence electrons. The molecule has 1 N–H and O–H groups in total. The fraction of sp³-hybridized carbons (Fsp3) is 0.400. The quantitative estimate of drug-likeness (QED) is 0.352. The van der Waals surface area contributed by atoms with Crippen molar-refractivity contribution in [3.05, 3.63) is 46.5 Å². The number of benzene rings is 2. The Kier molecular flexibility index (Phi) is 7.51. The lowest BCUT2D eigenvalue weighted by Crippen LogP contribution is -2.52. The average Bonchev–Trinajstić information content (AvgIpc) is 3.23. The summed E-state index contributed by atoms with van der Waals surface area (Å²) in [6.45, 7) is 2.53. The Morgan fingerprint density at radius 3 is 2.50 bits per heavy atom. The standard InChI is InChI=1S/C25H22B5N3O5/c26-15-10-13(20(27)21(28)19(15)22(29)32-6-8-37-9-7-32)23(30)38-17-3-1-2-12-14(17)11-33(25(12)36)16-4-5-18(34)31-24(16)35/h1-3,10,16,22-23H,4-9,11H2,(H,31,34,35). The third-order valence-corrected chi connectivity index (χ3v) is 7.35. The van der Waals surface area contributed by atoms with Gasteiger partial charge in [0.05, 0.1) is 33.6 Å². The van der Waals surface area contributed by atoms with E-state index >= 15 is 0 Å². The minimum atomic E-state index is -1.06. The van der Waals surface area contributed by atoms with Crippen molar-refractivity contribution in [1.82, 2.24) is 15.1 Å². The summed E-state index contributed by atoms with van der Waals surface area (Å²) in [4.78, 5) is 40.5. The maximum absolute atomic E-state index is 13.1. The van der Waals surface area contributed by atoms with Crippen LogP contribution < -0.4 is 26.4 Å². The fourth-order valence-electron chi connectivity index (χ4n) is 5.25. The molecule has 5 rings (SSSR count). The number of ether oxygens (including phenoxy) is 2. The average molecular weight is 499 g/mol. The summed E-state index contributed by atoms with van der Waals surface area (Å²) in [6, 6.07) is 4.82. The molecule has 3 heterocycles. The van der Waals surface area contributed by atoms with E-state index in [0.29, 0.717) is 59.8 Å². The number of nitrogens with zero attached hydrogens (tertiary/aromatic N) is 2. The SMILES string of the molecule is [B]c1cc(C([B])Oc2cccc3c2CN(C2CCC(=O)NC2=O)C3=O)c([B])c([B])c1C([B])N1CCOCC1. The van der Waals surface area contributed by atoms with Crippen LogP contribution in [0.3, 0.4) is 0 Å². The van der Waals surface area contributed by atoms with Crippen molar-refractivity contribution in [3.63, 3.8) is 0 Å². The Hall–Kier alpha value is -2.91. The number of piperidine rings is 1. The second-order valence-electron chi connectivity index (χ2n) is 9.61. The normalized spacial score (nSPS) is 21.6. The number of nitrogens with one attached hydrogen (secondary N) is 1. The van der Waals surface area contributed by atoms with E-state index < -0.39 is 23.9 Å². The predicted molar refractivity (Wildman–Crippen MR) is 145 cm³/mol. The van der Waals surface area contributed by atoms with E-state index in [-0.39, 0.29) is 42.1 Å². The molecule has 2 saturated heterocycles. The van der Waals surface area contributed by atoms with Gasteiger partial charge in [-0.1, -0.05) is 34.1 Å². The summed E-state index contributed by atoms with van der Waals surface area (Å²) < 4.78 is 11.5. The Morgan fingerprint density at radius 1 is 1.05 bits per heavy atom. The number of fused-ring (bicyclic) bond motifs is 1. The van der Waals surface area contributed by atoms with Crippen LogP contribution in [0.15, 0.2) is 24.3 Å².